The van der Waals surface area contributed by atoms with Gasteiger partial charge in [-0.25, -0.2) is 4.98 Å². The van der Waals surface area contributed by atoms with E-state index in [0.29, 0.717) is 0 Å². The van der Waals surface area contributed by atoms with Crippen LogP contribution in [0.15, 0.2) is 34.5 Å². The van der Waals surface area contributed by atoms with Crippen LogP contribution in [0.4, 0.5) is 0 Å². The summed E-state index contributed by atoms with van der Waals surface area (Å²) in [5.41, 5.74) is 1.91. The van der Waals surface area contributed by atoms with E-state index in [2.05, 4.69) is 22.2 Å². The van der Waals surface area contributed by atoms with E-state index in [1.54, 1.807) is 23.1 Å². The molecule has 0 bridgehead atoms. The number of thioether (sulfide) groups is 1. The number of amides is 1. The third-order valence-corrected chi connectivity index (χ3v) is 6.13. The number of hydrogen-bond acceptors (Lipinski definition) is 5. The zero-order chi connectivity index (χ0) is 16.9. The first kappa shape index (κ1) is 17.5. The fourth-order valence-electron chi connectivity index (χ4n) is 2.78. The average Bonchev–Trinajstić information content (AvgIpc) is 3.05. The van der Waals surface area contributed by atoms with Crippen molar-refractivity contribution in [1.29, 1.82) is 0 Å². The second-order valence-electron chi connectivity index (χ2n) is 5.90. The molecule has 128 valence electrons. The van der Waals surface area contributed by atoms with Gasteiger partial charge in [-0.05, 0) is 37.7 Å². The summed E-state index contributed by atoms with van der Waals surface area (Å²) in [4.78, 5) is 22.6. The van der Waals surface area contributed by atoms with E-state index < -0.39 is 0 Å². The zero-order valence-electron chi connectivity index (χ0n) is 14.2. The van der Waals surface area contributed by atoms with Crippen molar-refractivity contribution in [3.05, 3.63) is 45.9 Å². The fraction of sp³-hybridized carbons (Fsp3) is 0.444. The number of likely N-dealkylation sites (N-methyl/N-ethyl adjacent to an activating group) is 1. The highest BCUT2D eigenvalue weighted by atomic mass is 32.2. The predicted molar refractivity (Wildman–Crippen MR) is 101 cm³/mol. The first-order valence-corrected chi connectivity index (χ1v) is 10.2. The molecule has 0 saturated carbocycles. The van der Waals surface area contributed by atoms with Crippen molar-refractivity contribution in [3.63, 3.8) is 0 Å². The van der Waals surface area contributed by atoms with Gasteiger partial charge in [0.25, 0.3) is 5.91 Å². The van der Waals surface area contributed by atoms with Crippen molar-refractivity contribution in [2.24, 2.45) is 0 Å². The number of hydrogen-bond donors (Lipinski definition) is 0. The van der Waals surface area contributed by atoms with Gasteiger partial charge in [0.2, 0.25) is 0 Å². The number of thiazole rings is 1. The largest absolute Gasteiger partial charge is 0.336 e. The minimum atomic E-state index is 0.150. The van der Waals surface area contributed by atoms with Gasteiger partial charge in [0, 0.05) is 47.8 Å². The number of rotatable bonds is 5. The number of carbonyl (C=O) groups is 1. The van der Waals surface area contributed by atoms with Crippen LogP contribution in [-0.2, 0) is 5.75 Å². The lowest BCUT2D eigenvalue weighted by atomic mass is 10.2. The molecule has 3 rings (SSSR count). The van der Waals surface area contributed by atoms with Crippen LogP contribution in [-0.4, -0.2) is 53.4 Å². The zero-order valence-corrected chi connectivity index (χ0v) is 15.8. The Bertz CT molecular complexity index is 676. The summed E-state index contributed by atoms with van der Waals surface area (Å²) in [5.74, 6) is 1.02. The lowest BCUT2D eigenvalue weighted by Crippen LogP contribution is -2.48. The van der Waals surface area contributed by atoms with E-state index in [4.69, 9.17) is 0 Å². The maximum Gasteiger partial charge on any atom is 0.253 e. The number of nitrogens with zero attached hydrogens (tertiary/aromatic N) is 3. The molecule has 1 aliphatic heterocycles. The Balaban J connectivity index is 1.55. The Morgan fingerprint density at radius 2 is 1.92 bits per heavy atom. The van der Waals surface area contributed by atoms with Crippen LogP contribution >= 0.6 is 23.1 Å². The highest BCUT2D eigenvalue weighted by Crippen LogP contribution is 2.24. The summed E-state index contributed by atoms with van der Waals surface area (Å²) in [6.07, 6.45) is 0. The molecular formula is C18H23N3OS2. The molecule has 0 spiro atoms. The Hall–Kier alpha value is -1.37. The molecule has 0 atom stereocenters. The summed E-state index contributed by atoms with van der Waals surface area (Å²) < 4.78 is 0. The van der Waals surface area contributed by atoms with Crippen molar-refractivity contribution in [2.45, 2.75) is 24.5 Å². The molecule has 0 aliphatic carbocycles. The Labute approximate surface area is 151 Å². The van der Waals surface area contributed by atoms with Crippen molar-refractivity contribution >= 4 is 29.0 Å². The molecule has 0 unspecified atom stereocenters. The molecule has 2 aromatic rings. The number of piperazine rings is 1. The van der Waals surface area contributed by atoms with E-state index in [-0.39, 0.29) is 5.91 Å². The lowest BCUT2D eigenvalue weighted by Gasteiger charge is -2.34. The van der Waals surface area contributed by atoms with Gasteiger partial charge >= 0.3 is 0 Å². The second kappa shape index (κ2) is 8.14. The normalized spacial score (nSPS) is 15.7. The van der Waals surface area contributed by atoms with Gasteiger partial charge in [-0.1, -0.05) is 6.92 Å². The molecule has 1 fully saturated rings. The van der Waals surface area contributed by atoms with Crippen LogP contribution in [0.5, 0.6) is 0 Å². The summed E-state index contributed by atoms with van der Waals surface area (Å²) in [7, 11) is 0. The van der Waals surface area contributed by atoms with Crippen LogP contribution in [0.3, 0.4) is 0 Å². The average molecular weight is 362 g/mol. The smallest absolute Gasteiger partial charge is 0.253 e. The maximum absolute atomic E-state index is 12.6. The quantitative estimate of drug-likeness (QED) is 0.764. The first-order chi connectivity index (χ1) is 11.7. The molecule has 0 N–H and O–H groups in total. The highest BCUT2D eigenvalue weighted by molar-refractivity contribution is 7.98. The number of aryl methyl sites for hydroxylation is 1. The van der Waals surface area contributed by atoms with Gasteiger partial charge in [0.15, 0.2) is 0 Å². The van der Waals surface area contributed by atoms with Crippen LogP contribution in [0.2, 0.25) is 0 Å². The molecule has 1 aliphatic rings. The van der Waals surface area contributed by atoms with Crippen LogP contribution < -0.4 is 0 Å². The van der Waals surface area contributed by atoms with Gasteiger partial charge in [-0.2, -0.15) is 0 Å². The third-order valence-electron chi connectivity index (χ3n) is 4.26. The molecule has 1 amide bonds. The Morgan fingerprint density at radius 1 is 1.21 bits per heavy atom. The van der Waals surface area contributed by atoms with E-state index in [0.717, 1.165) is 54.7 Å². The van der Waals surface area contributed by atoms with Gasteiger partial charge in [0.1, 0.15) is 0 Å². The Kier molecular flexibility index (Phi) is 5.92. The van der Waals surface area contributed by atoms with Gasteiger partial charge < -0.3 is 9.80 Å². The third kappa shape index (κ3) is 4.37. The van der Waals surface area contributed by atoms with E-state index in [1.165, 1.54) is 4.90 Å². The van der Waals surface area contributed by atoms with Gasteiger partial charge in [-0.15, -0.1) is 23.1 Å². The van der Waals surface area contributed by atoms with Gasteiger partial charge in [-0.3, -0.25) is 4.79 Å². The van der Waals surface area contributed by atoms with Crippen molar-refractivity contribution in [2.75, 3.05) is 32.7 Å². The molecular weight excluding hydrogens is 338 g/mol. The molecule has 1 aromatic heterocycles. The highest BCUT2D eigenvalue weighted by Gasteiger charge is 2.21. The van der Waals surface area contributed by atoms with Gasteiger partial charge in [0.05, 0.1) is 10.7 Å². The maximum atomic E-state index is 12.6. The molecule has 1 aromatic carbocycles. The van der Waals surface area contributed by atoms with Crippen molar-refractivity contribution in [1.82, 2.24) is 14.8 Å². The monoisotopic (exact) mass is 361 g/mol. The summed E-state index contributed by atoms with van der Waals surface area (Å²) in [5, 5.41) is 3.21. The molecule has 2 heterocycles. The number of carbonyl (C=O) groups excluding carboxylic acids is 1. The molecule has 6 heteroatoms. The second-order valence-corrected chi connectivity index (χ2v) is 8.01. The van der Waals surface area contributed by atoms with E-state index in [1.807, 2.05) is 36.1 Å². The lowest BCUT2D eigenvalue weighted by molar-refractivity contribution is 0.0643. The molecule has 24 heavy (non-hydrogen) atoms. The summed E-state index contributed by atoms with van der Waals surface area (Å²) in [6, 6.07) is 7.98. The van der Waals surface area contributed by atoms with Crippen molar-refractivity contribution in [3.8, 4) is 0 Å². The van der Waals surface area contributed by atoms with E-state index in [9.17, 15) is 4.79 Å². The van der Waals surface area contributed by atoms with Crippen LogP contribution in [0.25, 0.3) is 0 Å². The first-order valence-electron chi connectivity index (χ1n) is 8.31. The summed E-state index contributed by atoms with van der Waals surface area (Å²) >= 11 is 3.44. The minimum absolute atomic E-state index is 0.150. The standard InChI is InChI=1S/C18H23N3OS2/c1-3-20-8-10-21(11-9-20)18(22)15-4-6-17(7-5-15)24-13-16-12-23-14(2)19-16/h4-7,12H,3,8-11,13H2,1-2H3. The molecule has 0 radical (unpaired) electrons. The summed E-state index contributed by atoms with van der Waals surface area (Å²) in [6.45, 7) is 8.86. The van der Waals surface area contributed by atoms with Crippen LogP contribution in [0.1, 0.15) is 28.0 Å². The van der Waals surface area contributed by atoms with Crippen LogP contribution in [0, 0.1) is 6.92 Å². The topological polar surface area (TPSA) is 36.4 Å². The number of aromatic nitrogens is 1. The predicted octanol–water partition coefficient (Wildman–Crippen LogP) is 3.52. The van der Waals surface area contributed by atoms with E-state index >= 15 is 0 Å². The van der Waals surface area contributed by atoms with Crippen molar-refractivity contribution < 1.29 is 4.79 Å². The fourth-order valence-corrected chi connectivity index (χ4v) is 4.28. The Morgan fingerprint density at radius 3 is 2.50 bits per heavy atom. The number of benzene rings is 1. The minimum Gasteiger partial charge on any atom is -0.336 e. The molecule has 1 saturated heterocycles. The molecule has 4 nitrogen and oxygen atoms in total. The SMILES string of the molecule is CCN1CCN(C(=O)c2ccc(SCc3csc(C)n3)cc2)CC1.